The van der Waals surface area contributed by atoms with Crippen LogP contribution in [0.4, 0.5) is 37.7 Å². The van der Waals surface area contributed by atoms with Gasteiger partial charge in [0.2, 0.25) is 5.91 Å². The molecule has 0 unspecified atom stereocenters. The van der Waals surface area contributed by atoms with Crippen molar-refractivity contribution in [3.63, 3.8) is 0 Å². The summed E-state index contributed by atoms with van der Waals surface area (Å²) in [4.78, 5) is 36.6. The number of nitrogens with one attached hydrogen (secondary N) is 2. The second-order valence-corrected chi connectivity index (χ2v) is 6.34. The van der Waals surface area contributed by atoms with Crippen molar-refractivity contribution in [2.75, 3.05) is 36.5 Å². The van der Waals surface area contributed by atoms with Gasteiger partial charge in [-0.1, -0.05) is 0 Å². The second kappa shape index (κ2) is 9.96. The molecule has 31 heavy (non-hydrogen) atoms. The van der Waals surface area contributed by atoms with Crippen molar-refractivity contribution in [1.82, 2.24) is 5.32 Å². The topological polar surface area (TPSA) is 114 Å². The van der Waals surface area contributed by atoms with Crippen LogP contribution in [-0.2, 0) is 19.1 Å². The Labute approximate surface area is 171 Å². The first-order valence-electron chi connectivity index (χ1n) is 8.77. The largest absolute Gasteiger partial charge is 0.383 e. The Morgan fingerprint density at radius 2 is 1.90 bits per heavy atom. The molecule has 1 aliphatic rings. The van der Waals surface area contributed by atoms with E-state index < -0.39 is 60.3 Å². The molecule has 1 aliphatic heterocycles. The van der Waals surface area contributed by atoms with E-state index >= 15 is 0 Å². The van der Waals surface area contributed by atoms with Crippen LogP contribution in [0.1, 0.15) is 12.0 Å². The summed E-state index contributed by atoms with van der Waals surface area (Å²) in [6.07, 6.45) is -7.43. The van der Waals surface area contributed by atoms with Crippen LogP contribution in [0.3, 0.4) is 0 Å². The van der Waals surface area contributed by atoms with E-state index in [1.807, 2.05) is 5.32 Å². The molecule has 1 aromatic rings. The van der Waals surface area contributed by atoms with Gasteiger partial charge in [0.15, 0.2) is 0 Å². The molecule has 2 rings (SSSR count). The highest BCUT2D eigenvalue weighted by molar-refractivity contribution is 6.00. The normalized spacial score (nSPS) is 15.9. The number of hydrogen-bond donors (Lipinski definition) is 3. The first-order chi connectivity index (χ1) is 14.5. The van der Waals surface area contributed by atoms with Gasteiger partial charge in [-0.15, -0.1) is 0 Å². The van der Waals surface area contributed by atoms with Crippen LogP contribution < -0.4 is 21.3 Å². The Kier molecular flexibility index (Phi) is 7.84. The molecule has 1 fully saturated rings. The predicted octanol–water partition coefficient (Wildman–Crippen LogP) is 1.27. The number of morpholine rings is 1. The van der Waals surface area contributed by atoms with Crippen LogP contribution in [-0.4, -0.2) is 62.4 Å². The number of ether oxygens (including phenoxy) is 1. The number of carbonyl (C=O) groups is 3. The van der Waals surface area contributed by atoms with E-state index in [0.717, 1.165) is 12.1 Å². The van der Waals surface area contributed by atoms with Crippen LogP contribution in [0.5, 0.6) is 0 Å². The number of halogens is 6. The molecule has 0 radical (unpaired) electrons. The zero-order valence-electron chi connectivity index (χ0n) is 15.7. The minimum atomic E-state index is -5.08. The van der Waals surface area contributed by atoms with Gasteiger partial charge >= 0.3 is 12.3 Å². The zero-order chi connectivity index (χ0) is 23.3. The summed E-state index contributed by atoms with van der Waals surface area (Å²) in [5.41, 5.74) is 4.18. The first-order valence-corrected chi connectivity index (χ1v) is 8.77. The summed E-state index contributed by atoms with van der Waals surface area (Å²) < 4.78 is 82.6. The van der Waals surface area contributed by atoms with E-state index in [4.69, 9.17) is 10.5 Å². The number of alkyl halides is 6. The standard InChI is InChI=1S/C17H18F6N4O4/c18-13(19)9-5-8(27-3-4-31-7-12(27)28)1-2-10(9)25-14(29)11(6-24)26-16(30)17(22,23)15(20)21/h1-2,5,11,13,15H,3-4,6-7,24H2,(H,25,29)(H,26,30)/t11-/m0/s1. The summed E-state index contributed by atoms with van der Waals surface area (Å²) >= 11 is 0. The SMILES string of the molecule is NC[C@H](NC(=O)C(F)(F)C(F)F)C(=O)Nc1ccc(N2CCOCC2=O)cc1C(F)F. The molecule has 0 bridgehead atoms. The number of nitrogens with two attached hydrogens (primary N) is 1. The van der Waals surface area contributed by atoms with Crippen LogP contribution in [0.25, 0.3) is 0 Å². The van der Waals surface area contributed by atoms with E-state index in [0.29, 0.717) is 0 Å². The highest BCUT2D eigenvalue weighted by Crippen LogP contribution is 2.32. The number of carbonyl (C=O) groups excluding carboxylic acids is 3. The van der Waals surface area contributed by atoms with Crippen LogP contribution in [0.15, 0.2) is 18.2 Å². The number of amides is 3. The molecule has 1 aromatic carbocycles. The Bertz CT molecular complexity index is 839. The monoisotopic (exact) mass is 456 g/mol. The molecule has 1 saturated heterocycles. The number of benzene rings is 1. The quantitative estimate of drug-likeness (QED) is 0.510. The lowest BCUT2D eigenvalue weighted by molar-refractivity contribution is -0.170. The predicted molar refractivity (Wildman–Crippen MR) is 95.1 cm³/mol. The average molecular weight is 456 g/mol. The van der Waals surface area contributed by atoms with Gasteiger partial charge in [-0.25, -0.2) is 17.6 Å². The van der Waals surface area contributed by atoms with Crippen molar-refractivity contribution < 1.29 is 45.5 Å². The molecule has 0 aromatic heterocycles. The number of rotatable bonds is 8. The molecule has 4 N–H and O–H groups in total. The lowest BCUT2D eigenvalue weighted by atomic mass is 10.1. The van der Waals surface area contributed by atoms with Gasteiger partial charge in [-0.2, -0.15) is 8.78 Å². The van der Waals surface area contributed by atoms with E-state index in [1.54, 1.807) is 0 Å². The maximum Gasteiger partial charge on any atom is 0.383 e. The fourth-order valence-electron chi connectivity index (χ4n) is 2.61. The molecule has 14 heteroatoms. The van der Waals surface area contributed by atoms with Crippen molar-refractivity contribution in [2.24, 2.45) is 5.73 Å². The fourth-order valence-corrected chi connectivity index (χ4v) is 2.61. The Hall–Kier alpha value is -2.87. The van der Waals surface area contributed by atoms with Gasteiger partial charge in [0.05, 0.1) is 6.61 Å². The molecule has 3 amide bonds. The maximum atomic E-state index is 13.5. The van der Waals surface area contributed by atoms with Crippen molar-refractivity contribution in [2.45, 2.75) is 24.8 Å². The molecule has 172 valence electrons. The highest BCUT2D eigenvalue weighted by Gasteiger charge is 2.49. The summed E-state index contributed by atoms with van der Waals surface area (Å²) in [6.45, 7) is -0.701. The molecular formula is C17H18F6N4O4. The summed E-state index contributed by atoms with van der Waals surface area (Å²) in [5.74, 6) is -9.26. The molecule has 1 heterocycles. The van der Waals surface area contributed by atoms with Gasteiger partial charge in [0.25, 0.3) is 18.2 Å². The second-order valence-electron chi connectivity index (χ2n) is 6.34. The zero-order valence-corrected chi connectivity index (χ0v) is 15.7. The van der Waals surface area contributed by atoms with E-state index in [9.17, 15) is 40.7 Å². The number of nitrogens with zero attached hydrogens (tertiary/aromatic N) is 1. The van der Waals surface area contributed by atoms with Crippen LogP contribution in [0.2, 0.25) is 0 Å². The van der Waals surface area contributed by atoms with Crippen LogP contribution >= 0.6 is 0 Å². The Morgan fingerprint density at radius 3 is 2.45 bits per heavy atom. The van der Waals surface area contributed by atoms with Gasteiger partial charge < -0.3 is 26.0 Å². The summed E-state index contributed by atoms with van der Waals surface area (Å²) in [6, 6.07) is 1.35. The van der Waals surface area contributed by atoms with Gasteiger partial charge in [-0.3, -0.25) is 14.4 Å². The highest BCUT2D eigenvalue weighted by atomic mass is 19.3. The van der Waals surface area contributed by atoms with Gasteiger partial charge in [0.1, 0.15) is 12.6 Å². The summed E-state index contributed by atoms with van der Waals surface area (Å²) in [7, 11) is 0. The number of anilines is 2. The van der Waals surface area contributed by atoms with Crippen molar-refractivity contribution in [1.29, 1.82) is 0 Å². The van der Waals surface area contributed by atoms with E-state index in [2.05, 4.69) is 0 Å². The third-order valence-electron chi connectivity index (χ3n) is 4.26. The van der Waals surface area contributed by atoms with Crippen molar-refractivity contribution >= 4 is 29.1 Å². The Morgan fingerprint density at radius 1 is 1.23 bits per heavy atom. The molecular weight excluding hydrogens is 438 g/mol. The third-order valence-corrected chi connectivity index (χ3v) is 4.26. The minimum Gasteiger partial charge on any atom is -0.370 e. The van der Waals surface area contributed by atoms with E-state index in [1.165, 1.54) is 16.3 Å². The maximum absolute atomic E-state index is 13.5. The molecule has 0 saturated carbocycles. The van der Waals surface area contributed by atoms with Crippen LogP contribution in [0, 0.1) is 0 Å². The van der Waals surface area contributed by atoms with Crippen molar-refractivity contribution in [3.05, 3.63) is 23.8 Å². The fraction of sp³-hybridized carbons (Fsp3) is 0.471. The minimum absolute atomic E-state index is 0.113. The lowest BCUT2D eigenvalue weighted by Crippen LogP contribution is -2.55. The smallest absolute Gasteiger partial charge is 0.370 e. The lowest BCUT2D eigenvalue weighted by Gasteiger charge is -2.28. The first kappa shape index (κ1) is 24.4. The van der Waals surface area contributed by atoms with Gasteiger partial charge in [-0.05, 0) is 18.2 Å². The van der Waals surface area contributed by atoms with E-state index in [-0.39, 0.29) is 25.4 Å². The molecule has 0 spiro atoms. The van der Waals surface area contributed by atoms with Gasteiger partial charge in [0, 0.05) is 30.0 Å². The molecule has 1 atom stereocenters. The molecule has 8 nitrogen and oxygen atoms in total. The average Bonchev–Trinajstić information content (AvgIpc) is 2.72. The number of hydrogen-bond acceptors (Lipinski definition) is 5. The summed E-state index contributed by atoms with van der Waals surface area (Å²) in [5, 5.41) is 3.36. The molecule has 0 aliphatic carbocycles. The third kappa shape index (κ3) is 5.64. The Balaban J connectivity index is 2.20. The van der Waals surface area contributed by atoms with Crippen molar-refractivity contribution in [3.8, 4) is 0 Å².